The smallest absolute Gasteiger partial charge is 0.124 e. The molecule has 0 amide bonds. The Morgan fingerprint density at radius 3 is 2.79 bits per heavy atom. The summed E-state index contributed by atoms with van der Waals surface area (Å²) in [7, 11) is 0. The molecular weight excluding hydrogens is 302 g/mol. The van der Waals surface area contributed by atoms with Gasteiger partial charge >= 0.3 is 0 Å². The maximum atomic E-state index is 5.87. The van der Waals surface area contributed by atoms with Crippen LogP contribution < -0.4 is 10.1 Å². The van der Waals surface area contributed by atoms with Crippen LogP contribution in [0.2, 0.25) is 0 Å². The van der Waals surface area contributed by atoms with Gasteiger partial charge in [0, 0.05) is 16.1 Å². The topological polar surface area (TPSA) is 21.3 Å². The Morgan fingerprint density at radius 2 is 2.16 bits per heavy atom. The summed E-state index contributed by atoms with van der Waals surface area (Å²) < 4.78 is 6.95. The van der Waals surface area contributed by atoms with Gasteiger partial charge in [0.15, 0.2) is 0 Å². The van der Waals surface area contributed by atoms with Gasteiger partial charge in [0.05, 0.1) is 0 Å². The molecule has 0 aromatic heterocycles. The number of hydrogen-bond donors (Lipinski definition) is 1. The van der Waals surface area contributed by atoms with Crippen LogP contribution in [0.1, 0.15) is 45.7 Å². The van der Waals surface area contributed by atoms with Crippen molar-refractivity contribution in [2.45, 2.75) is 40.2 Å². The van der Waals surface area contributed by atoms with Crippen LogP contribution in [0, 0.1) is 0 Å². The van der Waals surface area contributed by atoms with Crippen molar-refractivity contribution in [3.05, 3.63) is 39.9 Å². The van der Waals surface area contributed by atoms with Crippen molar-refractivity contribution >= 4 is 15.9 Å². The highest BCUT2D eigenvalue weighted by Gasteiger charge is 2.11. The Kier molecular flexibility index (Phi) is 7.17. The number of benzene rings is 1. The van der Waals surface area contributed by atoms with Crippen LogP contribution >= 0.6 is 15.9 Å². The Labute approximate surface area is 125 Å². The second-order valence-corrected chi connectivity index (χ2v) is 5.87. The fourth-order valence-corrected chi connectivity index (χ4v) is 2.14. The summed E-state index contributed by atoms with van der Waals surface area (Å²) >= 11 is 3.53. The first kappa shape index (κ1) is 16.3. The second-order valence-electron chi connectivity index (χ2n) is 4.95. The number of rotatable bonds is 7. The normalized spacial score (nSPS) is 12.1. The van der Waals surface area contributed by atoms with Crippen LogP contribution in [0.15, 0.2) is 34.3 Å². The van der Waals surface area contributed by atoms with Gasteiger partial charge in [-0.3, -0.25) is 0 Å². The Balaban J connectivity index is 2.81. The molecule has 0 spiro atoms. The molecule has 0 aliphatic heterocycles. The molecule has 0 bridgehead atoms. The number of nitrogens with one attached hydrogen (secondary N) is 1. The lowest BCUT2D eigenvalue weighted by Gasteiger charge is -2.18. The van der Waals surface area contributed by atoms with E-state index in [1.165, 1.54) is 11.1 Å². The lowest BCUT2D eigenvalue weighted by atomic mass is 10.1. The molecule has 19 heavy (non-hydrogen) atoms. The van der Waals surface area contributed by atoms with Crippen molar-refractivity contribution in [1.82, 2.24) is 5.32 Å². The van der Waals surface area contributed by atoms with E-state index in [9.17, 15) is 0 Å². The zero-order valence-corrected chi connectivity index (χ0v) is 13.9. The Morgan fingerprint density at radius 1 is 1.42 bits per heavy atom. The molecule has 0 saturated carbocycles. The van der Waals surface area contributed by atoms with E-state index in [-0.39, 0.29) is 0 Å². The highest BCUT2D eigenvalue weighted by atomic mass is 79.9. The Bertz CT molecular complexity index is 425. The van der Waals surface area contributed by atoms with Crippen molar-refractivity contribution in [3.63, 3.8) is 0 Å². The summed E-state index contributed by atoms with van der Waals surface area (Å²) in [4.78, 5) is 0. The molecule has 0 fully saturated rings. The van der Waals surface area contributed by atoms with Gasteiger partial charge in [0.2, 0.25) is 0 Å². The van der Waals surface area contributed by atoms with Crippen LogP contribution in [-0.2, 0) is 0 Å². The predicted octanol–water partition coefficient (Wildman–Crippen LogP) is 4.85. The minimum atomic E-state index is 0.291. The zero-order valence-electron chi connectivity index (χ0n) is 12.3. The average Bonchev–Trinajstić information content (AvgIpc) is 2.37. The fraction of sp³-hybridized carbons (Fsp3) is 0.500. The first-order valence-electron chi connectivity index (χ1n) is 6.83. The fourth-order valence-electron chi connectivity index (χ4n) is 1.76. The standard InChI is InChI=1S/C16H24BrNO/c1-5-9-18-13(4)15-11-14(17)6-7-16(15)19-10-8-12(2)3/h6-8,11,13,18H,5,9-10H2,1-4H3. The number of hydrogen-bond acceptors (Lipinski definition) is 2. The molecule has 1 aromatic rings. The summed E-state index contributed by atoms with van der Waals surface area (Å²) in [6.45, 7) is 10.1. The maximum Gasteiger partial charge on any atom is 0.124 e. The lowest BCUT2D eigenvalue weighted by molar-refractivity contribution is 0.353. The SMILES string of the molecule is CCCNC(C)c1cc(Br)ccc1OCC=C(C)C. The van der Waals surface area contributed by atoms with E-state index < -0.39 is 0 Å². The minimum Gasteiger partial charge on any atom is -0.489 e. The monoisotopic (exact) mass is 325 g/mol. The van der Waals surface area contributed by atoms with Crippen LogP contribution in [0.3, 0.4) is 0 Å². The van der Waals surface area contributed by atoms with Gasteiger partial charge in [0.25, 0.3) is 0 Å². The van der Waals surface area contributed by atoms with Gasteiger partial charge in [-0.1, -0.05) is 28.4 Å². The van der Waals surface area contributed by atoms with Gasteiger partial charge < -0.3 is 10.1 Å². The number of ether oxygens (including phenoxy) is 1. The van der Waals surface area contributed by atoms with Crippen LogP contribution in [-0.4, -0.2) is 13.2 Å². The van der Waals surface area contributed by atoms with Gasteiger partial charge in [-0.15, -0.1) is 0 Å². The van der Waals surface area contributed by atoms with Crippen LogP contribution in [0.4, 0.5) is 0 Å². The molecule has 0 aliphatic carbocycles. The van der Waals surface area contributed by atoms with E-state index in [1.54, 1.807) is 0 Å². The van der Waals surface area contributed by atoms with Crippen molar-refractivity contribution in [2.24, 2.45) is 0 Å². The van der Waals surface area contributed by atoms with E-state index in [0.717, 1.165) is 23.2 Å². The highest BCUT2D eigenvalue weighted by molar-refractivity contribution is 9.10. The first-order valence-corrected chi connectivity index (χ1v) is 7.63. The minimum absolute atomic E-state index is 0.291. The summed E-state index contributed by atoms with van der Waals surface area (Å²) in [6.07, 6.45) is 3.22. The van der Waals surface area contributed by atoms with Gasteiger partial charge in [-0.2, -0.15) is 0 Å². The third-order valence-electron chi connectivity index (χ3n) is 2.87. The average molecular weight is 326 g/mol. The summed E-state index contributed by atoms with van der Waals surface area (Å²) in [5.74, 6) is 0.955. The number of halogens is 1. The Hall–Kier alpha value is -0.800. The largest absolute Gasteiger partial charge is 0.489 e. The van der Waals surface area contributed by atoms with E-state index in [2.05, 4.69) is 61.1 Å². The summed E-state index contributed by atoms with van der Waals surface area (Å²) in [5, 5.41) is 3.50. The van der Waals surface area contributed by atoms with Crippen molar-refractivity contribution in [2.75, 3.05) is 13.2 Å². The summed E-state index contributed by atoms with van der Waals surface area (Å²) in [6, 6.07) is 6.47. The molecule has 1 atom stereocenters. The maximum absolute atomic E-state index is 5.87. The highest BCUT2D eigenvalue weighted by Crippen LogP contribution is 2.28. The van der Waals surface area contributed by atoms with E-state index >= 15 is 0 Å². The van der Waals surface area contributed by atoms with Crippen LogP contribution in [0.25, 0.3) is 0 Å². The van der Waals surface area contributed by atoms with Gasteiger partial charge in [-0.25, -0.2) is 0 Å². The second kappa shape index (κ2) is 8.39. The predicted molar refractivity (Wildman–Crippen MR) is 85.8 cm³/mol. The molecule has 1 unspecified atom stereocenters. The molecule has 106 valence electrons. The molecule has 0 heterocycles. The molecule has 0 radical (unpaired) electrons. The molecule has 0 aliphatic rings. The van der Waals surface area contributed by atoms with Crippen molar-refractivity contribution in [3.8, 4) is 5.75 Å². The zero-order chi connectivity index (χ0) is 14.3. The third-order valence-corrected chi connectivity index (χ3v) is 3.36. The molecule has 1 N–H and O–H groups in total. The summed E-state index contributed by atoms with van der Waals surface area (Å²) in [5.41, 5.74) is 2.47. The molecule has 1 aromatic carbocycles. The first-order chi connectivity index (χ1) is 9.04. The lowest BCUT2D eigenvalue weighted by Crippen LogP contribution is -2.20. The van der Waals surface area contributed by atoms with E-state index in [0.29, 0.717) is 12.6 Å². The van der Waals surface area contributed by atoms with Crippen LogP contribution in [0.5, 0.6) is 5.75 Å². The third kappa shape index (κ3) is 5.79. The quantitative estimate of drug-likeness (QED) is 0.723. The molecule has 2 nitrogen and oxygen atoms in total. The van der Waals surface area contributed by atoms with E-state index in [4.69, 9.17) is 4.74 Å². The van der Waals surface area contributed by atoms with Gasteiger partial charge in [0.1, 0.15) is 12.4 Å². The van der Waals surface area contributed by atoms with Crippen molar-refractivity contribution < 1.29 is 4.74 Å². The molecular formula is C16H24BrNO. The van der Waals surface area contributed by atoms with E-state index in [1.807, 2.05) is 12.1 Å². The molecule has 3 heteroatoms. The molecule has 1 rings (SSSR count). The van der Waals surface area contributed by atoms with Crippen molar-refractivity contribution in [1.29, 1.82) is 0 Å². The van der Waals surface area contributed by atoms with Gasteiger partial charge in [-0.05, 0) is 58.0 Å². The molecule has 0 saturated heterocycles. The number of allylic oxidation sites excluding steroid dienone is 1.